The van der Waals surface area contributed by atoms with Gasteiger partial charge in [-0.2, -0.15) is 5.10 Å². The Morgan fingerprint density at radius 3 is 3.00 bits per heavy atom. The fraction of sp³-hybridized carbons (Fsp3) is 0.786. The summed E-state index contributed by atoms with van der Waals surface area (Å²) in [6.45, 7) is 3.75. The average Bonchev–Trinajstić information content (AvgIpc) is 2.98. The van der Waals surface area contributed by atoms with Crippen molar-refractivity contribution >= 4 is 0 Å². The van der Waals surface area contributed by atoms with E-state index < -0.39 is 0 Å². The van der Waals surface area contributed by atoms with Crippen LogP contribution in [0.15, 0.2) is 12.3 Å². The highest BCUT2D eigenvalue weighted by Gasteiger charge is 2.18. The molecule has 2 N–H and O–H groups in total. The van der Waals surface area contributed by atoms with Gasteiger partial charge in [0, 0.05) is 19.2 Å². The van der Waals surface area contributed by atoms with Gasteiger partial charge in [0.2, 0.25) is 0 Å². The first kappa shape index (κ1) is 13.6. The van der Waals surface area contributed by atoms with Gasteiger partial charge in [0.25, 0.3) is 0 Å². The summed E-state index contributed by atoms with van der Waals surface area (Å²) in [5, 5.41) is 17.7. The summed E-state index contributed by atoms with van der Waals surface area (Å²) in [6, 6.07) is 2.63. The van der Waals surface area contributed by atoms with E-state index in [0.717, 1.165) is 18.7 Å². The first-order valence-electron chi connectivity index (χ1n) is 7.22. The van der Waals surface area contributed by atoms with Crippen LogP contribution in [-0.4, -0.2) is 34.1 Å². The third-order valence-electron chi connectivity index (χ3n) is 3.61. The number of nitrogens with one attached hydrogen (secondary N) is 1. The molecule has 0 aromatic carbocycles. The van der Waals surface area contributed by atoms with Crippen molar-refractivity contribution < 1.29 is 5.11 Å². The van der Waals surface area contributed by atoms with Gasteiger partial charge >= 0.3 is 0 Å². The molecule has 4 heteroatoms. The first-order chi connectivity index (χ1) is 8.79. The molecule has 0 radical (unpaired) electrons. The molecule has 1 atom stereocenters. The lowest BCUT2D eigenvalue weighted by Gasteiger charge is -2.11. The van der Waals surface area contributed by atoms with Crippen molar-refractivity contribution in [3.8, 4) is 0 Å². The topological polar surface area (TPSA) is 50.1 Å². The van der Waals surface area contributed by atoms with Gasteiger partial charge in [-0.1, -0.05) is 19.8 Å². The molecule has 1 fully saturated rings. The van der Waals surface area contributed by atoms with Gasteiger partial charge in [-0.05, 0) is 31.9 Å². The van der Waals surface area contributed by atoms with Gasteiger partial charge in [-0.3, -0.25) is 4.68 Å². The molecule has 0 saturated heterocycles. The van der Waals surface area contributed by atoms with E-state index in [1.165, 1.54) is 25.7 Å². The minimum Gasteiger partial charge on any atom is -0.391 e. The van der Waals surface area contributed by atoms with Gasteiger partial charge in [0.15, 0.2) is 0 Å². The molecule has 18 heavy (non-hydrogen) atoms. The van der Waals surface area contributed by atoms with Gasteiger partial charge in [-0.25, -0.2) is 0 Å². The van der Waals surface area contributed by atoms with Crippen molar-refractivity contribution in [1.82, 2.24) is 15.1 Å². The zero-order valence-corrected chi connectivity index (χ0v) is 11.3. The van der Waals surface area contributed by atoms with Crippen LogP contribution in [0, 0.1) is 0 Å². The van der Waals surface area contributed by atoms with E-state index in [1.54, 1.807) is 0 Å². The highest BCUT2D eigenvalue weighted by atomic mass is 16.3. The number of nitrogens with zero attached hydrogens (tertiary/aromatic N) is 2. The molecule has 0 spiro atoms. The second kappa shape index (κ2) is 6.90. The Morgan fingerprint density at radius 1 is 1.50 bits per heavy atom. The molecule has 1 aromatic heterocycles. The molecule has 0 amide bonds. The fourth-order valence-corrected chi connectivity index (χ4v) is 2.62. The predicted molar refractivity (Wildman–Crippen MR) is 72.6 cm³/mol. The Hall–Kier alpha value is -0.870. The van der Waals surface area contributed by atoms with E-state index in [-0.39, 0.29) is 6.10 Å². The molecule has 0 aliphatic heterocycles. The summed E-state index contributed by atoms with van der Waals surface area (Å²) in [5.74, 6) is 0. The number of rotatable bonds is 7. The minimum atomic E-state index is -0.330. The lowest BCUT2D eigenvalue weighted by atomic mass is 10.2. The lowest BCUT2D eigenvalue weighted by Crippen LogP contribution is -2.29. The number of aromatic nitrogens is 2. The van der Waals surface area contributed by atoms with Crippen LogP contribution in [0.2, 0.25) is 0 Å². The van der Waals surface area contributed by atoms with Crippen molar-refractivity contribution in [2.24, 2.45) is 0 Å². The Kier molecular flexibility index (Phi) is 5.20. The second-order valence-electron chi connectivity index (χ2n) is 5.29. The largest absolute Gasteiger partial charge is 0.391 e. The van der Waals surface area contributed by atoms with Crippen LogP contribution in [0.1, 0.15) is 50.8 Å². The van der Waals surface area contributed by atoms with Crippen LogP contribution >= 0.6 is 0 Å². The maximum Gasteiger partial charge on any atom is 0.0720 e. The quantitative estimate of drug-likeness (QED) is 0.728. The van der Waals surface area contributed by atoms with E-state index in [9.17, 15) is 5.11 Å². The van der Waals surface area contributed by atoms with Crippen molar-refractivity contribution in [2.75, 3.05) is 13.1 Å². The van der Waals surface area contributed by atoms with Crippen LogP contribution in [0.5, 0.6) is 0 Å². The first-order valence-corrected chi connectivity index (χ1v) is 7.22. The fourth-order valence-electron chi connectivity index (χ4n) is 2.62. The van der Waals surface area contributed by atoms with E-state index in [4.69, 9.17) is 0 Å². The molecule has 1 aliphatic carbocycles. The van der Waals surface area contributed by atoms with Crippen molar-refractivity contribution in [3.63, 3.8) is 0 Å². The van der Waals surface area contributed by atoms with Crippen LogP contribution < -0.4 is 5.32 Å². The zero-order chi connectivity index (χ0) is 12.8. The van der Waals surface area contributed by atoms with E-state index in [2.05, 4.69) is 28.2 Å². The van der Waals surface area contributed by atoms with Crippen LogP contribution in [0.25, 0.3) is 0 Å². The molecular weight excluding hydrogens is 226 g/mol. The summed E-state index contributed by atoms with van der Waals surface area (Å²) in [5.41, 5.74) is 1.01. The summed E-state index contributed by atoms with van der Waals surface area (Å²) >= 11 is 0. The standard InChI is InChI=1S/C14H25N3O/c1-2-8-15-11-14(18)10-12-7-9-17(16-12)13-5-3-4-6-13/h7,9,13-15,18H,2-6,8,10-11H2,1H3. The third kappa shape index (κ3) is 3.82. The van der Waals surface area contributed by atoms with Crippen LogP contribution in [0.4, 0.5) is 0 Å². The smallest absolute Gasteiger partial charge is 0.0720 e. The predicted octanol–water partition coefficient (Wildman–Crippen LogP) is 1.90. The van der Waals surface area contributed by atoms with Gasteiger partial charge in [0.1, 0.15) is 0 Å². The molecular formula is C14H25N3O. The van der Waals surface area contributed by atoms with Crippen LogP contribution in [-0.2, 0) is 6.42 Å². The van der Waals surface area contributed by atoms with Gasteiger partial charge in [-0.15, -0.1) is 0 Å². The SMILES string of the molecule is CCCNCC(O)Cc1ccn(C2CCCC2)n1. The van der Waals surface area contributed by atoms with E-state index in [1.807, 2.05) is 6.07 Å². The molecule has 2 rings (SSSR count). The highest BCUT2D eigenvalue weighted by Crippen LogP contribution is 2.28. The minimum absolute atomic E-state index is 0.330. The van der Waals surface area contributed by atoms with Gasteiger partial charge < -0.3 is 10.4 Å². The van der Waals surface area contributed by atoms with Gasteiger partial charge in [0.05, 0.1) is 17.8 Å². The maximum atomic E-state index is 9.89. The highest BCUT2D eigenvalue weighted by molar-refractivity contribution is 5.02. The molecule has 0 bridgehead atoms. The third-order valence-corrected chi connectivity index (χ3v) is 3.61. The molecule has 1 unspecified atom stereocenters. The Balaban J connectivity index is 1.78. The average molecular weight is 251 g/mol. The monoisotopic (exact) mass is 251 g/mol. The normalized spacial score (nSPS) is 18.3. The Labute approximate surface area is 109 Å². The van der Waals surface area contributed by atoms with Crippen molar-refractivity contribution in [3.05, 3.63) is 18.0 Å². The second-order valence-corrected chi connectivity index (χ2v) is 5.29. The summed E-state index contributed by atoms with van der Waals surface area (Å²) in [6.07, 6.45) is 8.64. The number of aliphatic hydroxyl groups excluding tert-OH is 1. The molecule has 1 aromatic rings. The van der Waals surface area contributed by atoms with E-state index >= 15 is 0 Å². The Bertz CT molecular complexity index is 345. The number of hydrogen-bond acceptors (Lipinski definition) is 3. The lowest BCUT2D eigenvalue weighted by molar-refractivity contribution is 0.170. The zero-order valence-electron chi connectivity index (χ0n) is 11.3. The van der Waals surface area contributed by atoms with Crippen molar-refractivity contribution in [2.45, 2.75) is 57.6 Å². The van der Waals surface area contributed by atoms with Crippen LogP contribution in [0.3, 0.4) is 0 Å². The summed E-state index contributed by atoms with van der Waals surface area (Å²) in [4.78, 5) is 0. The molecule has 1 heterocycles. The summed E-state index contributed by atoms with van der Waals surface area (Å²) < 4.78 is 2.09. The van der Waals surface area contributed by atoms with E-state index in [0.29, 0.717) is 19.0 Å². The molecule has 1 saturated carbocycles. The number of aliphatic hydroxyl groups is 1. The molecule has 102 valence electrons. The summed E-state index contributed by atoms with van der Waals surface area (Å²) in [7, 11) is 0. The molecule has 1 aliphatic rings. The van der Waals surface area contributed by atoms with Crippen molar-refractivity contribution in [1.29, 1.82) is 0 Å². The maximum absolute atomic E-state index is 9.89. The molecule has 4 nitrogen and oxygen atoms in total. The Morgan fingerprint density at radius 2 is 2.28 bits per heavy atom. The number of hydrogen-bond donors (Lipinski definition) is 2.